The number of aromatic nitrogens is 1. The van der Waals surface area contributed by atoms with Crippen molar-refractivity contribution in [3.05, 3.63) is 36.3 Å². The van der Waals surface area contributed by atoms with Gasteiger partial charge < -0.3 is 9.64 Å². The van der Waals surface area contributed by atoms with E-state index in [2.05, 4.69) is 4.98 Å². The normalized spacial score (nSPS) is 10.3. The molecule has 0 aliphatic carbocycles. The van der Waals surface area contributed by atoms with Crippen LogP contribution in [0.2, 0.25) is 0 Å². The maximum Gasteiger partial charge on any atom is 0.188 e. The van der Waals surface area contributed by atoms with Crippen molar-refractivity contribution in [2.75, 3.05) is 21.2 Å². The summed E-state index contributed by atoms with van der Waals surface area (Å²) >= 11 is 0. The van der Waals surface area contributed by atoms with E-state index in [4.69, 9.17) is 4.74 Å². The highest BCUT2D eigenvalue weighted by molar-refractivity contribution is 6.04. The number of hydrogen-bond donors (Lipinski definition) is 0. The van der Waals surface area contributed by atoms with Crippen molar-refractivity contribution >= 4 is 5.78 Å². The first-order chi connectivity index (χ1) is 7.13. The van der Waals surface area contributed by atoms with E-state index >= 15 is 0 Å². The molecule has 0 fully saturated rings. The summed E-state index contributed by atoms with van der Waals surface area (Å²) in [6.45, 7) is 0. The Balaban J connectivity index is 2.82. The molecule has 80 valence electrons. The maximum atomic E-state index is 11.6. The summed E-state index contributed by atoms with van der Waals surface area (Å²) < 4.78 is 4.98. The van der Waals surface area contributed by atoms with Crippen molar-refractivity contribution in [3.8, 4) is 5.75 Å². The lowest BCUT2D eigenvalue weighted by Gasteiger charge is -2.03. The lowest BCUT2D eigenvalue weighted by atomic mass is 10.2. The number of ether oxygens (including phenoxy) is 1. The summed E-state index contributed by atoms with van der Waals surface area (Å²) in [7, 11) is 5.25. The van der Waals surface area contributed by atoms with E-state index in [1.54, 1.807) is 30.5 Å². The van der Waals surface area contributed by atoms with Gasteiger partial charge in [-0.1, -0.05) is 0 Å². The molecule has 1 rings (SSSR count). The number of methoxy groups -OCH3 is 1. The summed E-state index contributed by atoms with van der Waals surface area (Å²) in [5.41, 5.74) is 0.521. The molecule has 0 saturated heterocycles. The molecule has 0 bridgehead atoms. The molecule has 0 saturated carbocycles. The van der Waals surface area contributed by atoms with Gasteiger partial charge in [-0.05, 0) is 6.07 Å². The minimum atomic E-state index is -0.0879. The average molecular weight is 206 g/mol. The standard InChI is InChI=1S/C11H14N2O2/c1-13(2)5-4-11(14)9-6-10(15-3)8-12-7-9/h4-8H,1-3H3/b5-4+. The Morgan fingerprint density at radius 1 is 1.47 bits per heavy atom. The van der Waals surface area contributed by atoms with E-state index in [9.17, 15) is 4.79 Å². The molecule has 4 nitrogen and oxygen atoms in total. The predicted octanol–water partition coefficient (Wildman–Crippen LogP) is 1.35. The van der Waals surface area contributed by atoms with Gasteiger partial charge in [0.2, 0.25) is 0 Å². The first-order valence-corrected chi connectivity index (χ1v) is 4.51. The van der Waals surface area contributed by atoms with E-state index in [1.807, 2.05) is 14.1 Å². The van der Waals surface area contributed by atoms with Crippen molar-refractivity contribution in [3.63, 3.8) is 0 Å². The smallest absolute Gasteiger partial charge is 0.188 e. The fourth-order valence-corrected chi connectivity index (χ4v) is 0.978. The number of rotatable bonds is 4. The molecule has 0 spiro atoms. The predicted molar refractivity (Wildman–Crippen MR) is 57.9 cm³/mol. The van der Waals surface area contributed by atoms with Gasteiger partial charge in [-0.2, -0.15) is 0 Å². The minimum absolute atomic E-state index is 0.0879. The lowest BCUT2D eigenvalue weighted by molar-refractivity contribution is 0.104. The Hall–Kier alpha value is -1.84. The SMILES string of the molecule is COc1cncc(C(=O)/C=C/N(C)C)c1. The number of hydrogen-bond acceptors (Lipinski definition) is 4. The van der Waals surface area contributed by atoms with Gasteiger partial charge in [0, 0.05) is 38.1 Å². The Bertz CT molecular complexity index is 373. The van der Waals surface area contributed by atoms with Crippen LogP contribution in [0.4, 0.5) is 0 Å². The second-order valence-corrected chi connectivity index (χ2v) is 3.26. The third-order valence-electron chi connectivity index (χ3n) is 1.76. The number of pyridine rings is 1. The van der Waals surface area contributed by atoms with Gasteiger partial charge in [0.05, 0.1) is 13.3 Å². The van der Waals surface area contributed by atoms with Gasteiger partial charge in [0.1, 0.15) is 5.75 Å². The third-order valence-corrected chi connectivity index (χ3v) is 1.76. The molecule has 0 aliphatic rings. The Morgan fingerprint density at radius 3 is 2.80 bits per heavy atom. The maximum absolute atomic E-state index is 11.6. The largest absolute Gasteiger partial charge is 0.495 e. The highest BCUT2D eigenvalue weighted by atomic mass is 16.5. The zero-order valence-electron chi connectivity index (χ0n) is 9.10. The second-order valence-electron chi connectivity index (χ2n) is 3.26. The number of carbonyl (C=O) groups is 1. The second kappa shape index (κ2) is 5.14. The highest BCUT2D eigenvalue weighted by Crippen LogP contribution is 2.11. The minimum Gasteiger partial charge on any atom is -0.495 e. The zero-order valence-corrected chi connectivity index (χ0v) is 9.10. The van der Waals surface area contributed by atoms with Crippen LogP contribution in [0, 0.1) is 0 Å². The van der Waals surface area contributed by atoms with Crippen LogP contribution >= 0.6 is 0 Å². The van der Waals surface area contributed by atoms with E-state index < -0.39 is 0 Å². The van der Waals surface area contributed by atoms with Gasteiger partial charge >= 0.3 is 0 Å². The summed E-state index contributed by atoms with van der Waals surface area (Å²) in [5, 5.41) is 0. The Labute approximate surface area is 89.2 Å². The molecule has 1 aromatic heterocycles. The molecule has 1 aromatic rings. The number of nitrogens with zero attached hydrogens (tertiary/aromatic N) is 2. The summed E-state index contributed by atoms with van der Waals surface area (Å²) in [6.07, 6.45) is 6.27. The van der Waals surface area contributed by atoms with Crippen molar-refractivity contribution in [2.24, 2.45) is 0 Å². The molecule has 0 atom stereocenters. The summed E-state index contributed by atoms with van der Waals surface area (Å²) in [4.78, 5) is 17.3. The Kier molecular flexibility index (Phi) is 3.85. The molecular formula is C11H14N2O2. The van der Waals surface area contributed by atoms with Crippen LogP contribution in [0.5, 0.6) is 5.75 Å². The van der Waals surface area contributed by atoms with E-state index in [1.165, 1.54) is 12.3 Å². The van der Waals surface area contributed by atoms with Crippen LogP contribution in [-0.4, -0.2) is 36.9 Å². The molecule has 0 unspecified atom stereocenters. The first kappa shape index (κ1) is 11.2. The monoisotopic (exact) mass is 206 g/mol. The van der Waals surface area contributed by atoms with Gasteiger partial charge in [0.15, 0.2) is 5.78 Å². The fourth-order valence-electron chi connectivity index (χ4n) is 0.978. The van der Waals surface area contributed by atoms with Gasteiger partial charge in [0.25, 0.3) is 0 Å². The molecule has 0 radical (unpaired) electrons. The molecule has 0 aromatic carbocycles. The van der Waals surface area contributed by atoms with Crippen molar-refractivity contribution in [1.29, 1.82) is 0 Å². The Morgan fingerprint density at radius 2 is 2.20 bits per heavy atom. The van der Waals surface area contributed by atoms with Crippen LogP contribution in [0.1, 0.15) is 10.4 Å². The van der Waals surface area contributed by atoms with Gasteiger partial charge in [-0.3, -0.25) is 9.78 Å². The van der Waals surface area contributed by atoms with Crippen LogP contribution < -0.4 is 4.74 Å². The highest BCUT2D eigenvalue weighted by Gasteiger charge is 2.03. The molecular weight excluding hydrogens is 192 g/mol. The lowest BCUT2D eigenvalue weighted by Crippen LogP contribution is -2.03. The molecule has 4 heteroatoms. The molecule has 0 N–H and O–H groups in total. The average Bonchev–Trinajstić information content (AvgIpc) is 2.26. The molecule has 0 aliphatic heterocycles. The zero-order chi connectivity index (χ0) is 11.3. The van der Waals surface area contributed by atoms with E-state index in [-0.39, 0.29) is 5.78 Å². The quantitative estimate of drug-likeness (QED) is 0.551. The number of ketones is 1. The van der Waals surface area contributed by atoms with E-state index in [0.717, 1.165) is 0 Å². The van der Waals surface area contributed by atoms with E-state index in [0.29, 0.717) is 11.3 Å². The topological polar surface area (TPSA) is 42.4 Å². The van der Waals surface area contributed by atoms with Crippen molar-refractivity contribution in [2.45, 2.75) is 0 Å². The third kappa shape index (κ3) is 3.42. The van der Waals surface area contributed by atoms with Gasteiger partial charge in [-0.25, -0.2) is 0 Å². The van der Waals surface area contributed by atoms with Crippen molar-refractivity contribution < 1.29 is 9.53 Å². The first-order valence-electron chi connectivity index (χ1n) is 4.51. The number of allylic oxidation sites excluding steroid dienone is 1. The van der Waals surface area contributed by atoms with Crippen molar-refractivity contribution in [1.82, 2.24) is 9.88 Å². The summed E-state index contributed by atoms with van der Waals surface area (Å²) in [5.74, 6) is 0.495. The molecule has 1 heterocycles. The van der Waals surface area contributed by atoms with Gasteiger partial charge in [-0.15, -0.1) is 0 Å². The number of carbonyl (C=O) groups excluding carboxylic acids is 1. The summed E-state index contributed by atoms with van der Waals surface area (Å²) in [6, 6.07) is 1.66. The van der Waals surface area contributed by atoms with Crippen LogP contribution in [0.25, 0.3) is 0 Å². The van der Waals surface area contributed by atoms with Crippen LogP contribution in [0.15, 0.2) is 30.7 Å². The van der Waals surface area contributed by atoms with Crippen LogP contribution in [0.3, 0.4) is 0 Å². The fraction of sp³-hybridized carbons (Fsp3) is 0.273. The molecule has 0 amide bonds. The van der Waals surface area contributed by atoms with Crippen LogP contribution in [-0.2, 0) is 0 Å². The molecule has 15 heavy (non-hydrogen) atoms.